The second kappa shape index (κ2) is 4.73. The minimum absolute atomic E-state index is 0.268. The maximum absolute atomic E-state index is 13.1. The van der Waals surface area contributed by atoms with Gasteiger partial charge in [0.1, 0.15) is 12.0 Å². The summed E-state index contributed by atoms with van der Waals surface area (Å²) < 4.78 is 16.9. The van der Waals surface area contributed by atoms with Crippen molar-refractivity contribution in [1.29, 1.82) is 0 Å². The minimum Gasteiger partial charge on any atom is -0.393 e. The van der Waals surface area contributed by atoms with Crippen molar-refractivity contribution in [3.05, 3.63) is 28.6 Å². The fraction of sp³-hybridized carbons (Fsp3) is 0.500. The number of aliphatic hydroxyl groups is 1. The first-order valence-electron chi connectivity index (χ1n) is 5.44. The van der Waals surface area contributed by atoms with Gasteiger partial charge in [0, 0.05) is 19.3 Å². The Bertz CT molecular complexity index is 600. The molecule has 2 heterocycles. The molecule has 0 aliphatic heterocycles. The van der Waals surface area contributed by atoms with Crippen LogP contribution >= 0.6 is 0 Å². The average molecular weight is 255 g/mol. The van der Waals surface area contributed by atoms with E-state index in [0.29, 0.717) is 11.6 Å². The van der Waals surface area contributed by atoms with Crippen molar-refractivity contribution >= 4 is 0 Å². The van der Waals surface area contributed by atoms with E-state index in [1.54, 1.807) is 30.9 Å². The van der Waals surface area contributed by atoms with Gasteiger partial charge in [-0.3, -0.25) is 4.68 Å². The number of hydrogen-bond donors (Lipinski definition) is 1. The Kier molecular flexibility index (Phi) is 3.28. The van der Waals surface area contributed by atoms with E-state index in [4.69, 9.17) is 5.11 Å². The largest absolute Gasteiger partial charge is 0.393 e. The molecule has 0 radical (unpaired) electrons. The molecular weight excluding hydrogens is 241 g/mol. The van der Waals surface area contributed by atoms with E-state index in [1.165, 1.54) is 4.57 Å². The van der Waals surface area contributed by atoms with Crippen molar-refractivity contribution < 1.29 is 9.50 Å². The number of alkyl halides is 1. The van der Waals surface area contributed by atoms with Crippen LogP contribution in [0.3, 0.4) is 0 Å². The Labute approximate surface area is 102 Å². The van der Waals surface area contributed by atoms with Crippen LogP contribution in [0.2, 0.25) is 0 Å². The maximum atomic E-state index is 13.1. The van der Waals surface area contributed by atoms with Crippen molar-refractivity contribution in [2.75, 3.05) is 6.61 Å². The fourth-order valence-electron chi connectivity index (χ4n) is 1.67. The molecule has 1 unspecified atom stereocenters. The molecule has 0 aliphatic rings. The van der Waals surface area contributed by atoms with Gasteiger partial charge >= 0.3 is 5.69 Å². The molecule has 98 valence electrons. The molecule has 0 aromatic carbocycles. The second-order valence-corrected chi connectivity index (χ2v) is 3.97. The Hall–Kier alpha value is -1.96. The van der Waals surface area contributed by atoms with E-state index in [0.717, 1.165) is 4.68 Å². The Morgan fingerprint density at radius 2 is 2.22 bits per heavy atom. The summed E-state index contributed by atoms with van der Waals surface area (Å²) in [7, 11) is 1.73. The van der Waals surface area contributed by atoms with Gasteiger partial charge in [0.05, 0.1) is 13.2 Å². The molecule has 0 spiro atoms. The summed E-state index contributed by atoms with van der Waals surface area (Å²) in [4.78, 5) is 12.0. The van der Waals surface area contributed by atoms with E-state index >= 15 is 0 Å². The third-order valence-corrected chi connectivity index (χ3v) is 2.50. The van der Waals surface area contributed by atoms with Crippen LogP contribution in [0.25, 0.3) is 5.82 Å². The smallest absolute Gasteiger partial charge is 0.351 e. The van der Waals surface area contributed by atoms with Gasteiger partial charge in [-0.1, -0.05) is 0 Å². The van der Waals surface area contributed by atoms with E-state index in [-0.39, 0.29) is 6.54 Å². The predicted molar refractivity (Wildman–Crippen MR) is 61.3 cm³/mol. The summed E-state index contributed by atoms with van der Waals surface area (Å²) in [5.41, 5.74) is -0.470. The molecule has 8 heteroatoms. The van der Waals surface area contributed by atoms with Crippen molar-refractivity contribution in [3.8, 4) is 5.82 Å². The van der Waals surface area contributed by atoms with Gasteiger partial charge in [-0.2, -0.15) is 10.2 Å². The third-order valence-electron chi connectivity index (χ3n) is 2.50. The van der Waals surface area contributed by atoms with Crippen LogP contribution in [0.1, 0.15) is 5.82 Å². The zero-order valence-electron chi connectivity index (χ0n) is 10.1. The van der Waals surface area contributed by atoms with Crippen LogP contribution in [0.4, 0.5) is 4.39 Å². The zero-order chi connectivity index (χ0) is 13.3. The van der Waals surface area contributed by atoms with Gasteiger partial charge in [0.15, 0.2) is 5.82 Å². The SMILES string of the molecule is Cc1nn(CC(F)CO)c(=O)n1-c1ccn(C)n1. The summed E-state index contributed by atoms with van der Waals surface area (Å²) >= 11 is 0. The van der Waals surface area contributed by atoms with E-state index in [2.05, 4.69) is 10.2 Å². The number of rotatable bonds is 4. The summed E-state index contributed by atoms with van der Waals surface area (Å²) in [6.07, 6.45) is 0.193. The van der Waals surface area contributed by atoms with Crippen LogP contribution in [-0.2, 0) is 13.6 Å². The molecule has 0 amide bonds. The van der Waals surface area contributed by atoms with Gasteiger partial charge in [-0.15, -0.1) is 0 Å². The molecule has 2 aromatic rings. The summed E-state index contributed by atoms with van der Waals surface area (Å²) in [5.74, 6) is 0.856. The average Bonchev–Trinajstić information content (AvgIpc) is 2.84. The molecule has 0 bridgehead atoms. The summed E-state index contributed by atoms with van der Waals surface area (Å²) in [5, 5.41) is 16.7. The van der Waals surface area contributed by atoms with Gasteiger partial charge in [0.2, 0.25) is 0 Å². The molecule has 0 fully saturated rings. The molecule has 0 saturated carbocycles. The first-order valence-corrected chi connectivity index (χ1v) is 5.44. The van der Waals surface area contributed by atoms with Crippen molar-refractivity contribution in [2.24, 2.45) is 7.05 Å². The third kappa shape index (κ3) is 2.19. The standard InChI is InChI=1S/C10H14FN5O2/c1-7-12-15(5-8(11)6-17)10(18)16(7)9-3-4-14(2)13-9/h3-4,8,17H,5-6H2,1-2H3. The van der Waals surface area contributed by atoms with Crippen molar-refractivity contribution in [2.45, 2.75) is 19.6 Å². The van der Waals surface area contributed by atoms with Gasteiger partial charge in [-0.25, -0.2) is 18.4 Å². The monoisotopic (exact) mass is 255 g/mol. The molecular formula is C10H14FN5O2. The highest BCUT2D eigenvalue weighted by molar-refractivity contribution is 5.20. The molecule has 1 N–H and O–H groups in total. The highest BCUT2D eigenvalue weighted by atomic mass is 19.1. The number of aromatic nitrogens is 5. The lowest BCUT2D eigenvalue weighted by Gasteiger charge is -2.02. The normalized spacial score (nSPS) is 12.9. The van der Waals surface area contributed by atoms with Crippen LogP contribution < -0.4 is 5.69 Å². The van der Waals surface area contributed by atoms with Crippen LogP contribution in [-0.4, -0.2) is 42.0 Å². The molecule has 2 rings (SSSR count). The van der Waals surface area contributed by atoms with E-state index < -0.39 is 18.5 Å². The number of nitrogens with zero attached hydrogens (tertiary/aromatic N) is 5. The lowest BCUT2D eigenvalue weighted by Crippen LogP contribution is -2.29. The number of aryl methyl sites for hydroxylation is 2. The van der Waals surface area contributed by atoms with Gasteiger partial charge < -0.3 is 5.11 Å². The van der Waals surface area contributed by atoms with Gasteiger partial charge in [0.25, 0.3) is 0 Å². The van der Waals surface area contributed by atoms with Crippen LogP contribution in [0, 0.1) is 6.92 Å². The highest BCUT2D eigenvalue weighted by Gasteiger charge is 2.16. The summed E-state index contributed by atoms with van der Waals surface area (Å²) in [6.45, 7) is 0.733. The first-order chi connectivity index (χ1) is 8.52. The van der Waals surface area contributed by atoms with Crippen molar-refractivity contribution in [3.63, 3.8) is 0 Å². The topological polar surface area (TPSA) is 77.9 Å². The quantitative estimate of drug-likeness (QED) is 0.792. The number of hydrogen-bond acceptors (Lipinski definition) is 4. The predicted octanol–water partition coefficient (Wildman–Crippen LogP) is -0.594. The molecule has 0 aliphatic carbocycles. The minimum atomic E-state index is -1.51. The Balaban J connectivity index is 2.41. The molecule has 0 saturated heterocycles. The molecule has 18 heavy (non-hydrogen) atoms. The summed E-state index contributed by atoms with van der Waals surface area (Å²) in [6, 6.07) is 1.67. The van der Waals surface area contributed by atoms with Crippen molar-refractivity contribution in [1.82, 2.24) is 24.1 Å². The molecule has 2 aromatic heterocycles. The lowest BCUT2D eigenvalue weighted by molar-refractivity contribution is 0.157. The number of aliphatic hydroxyl groups excluding tert-OH is 1. The molecule has 7 nitrogen and oxygen atoms in total. The molecule has 1 atom stereocenters. The fourth-order valence-corrected chi connectivity index (χ4v) is 1.67. The zero-order valence-corrected chi connectivity index (χ0v) is 10.1. The first kappa shape index (κ1) is 12.5. The van der Waals surface area contributed by atoms with Gasteiger partial charge in [-0.05, 0) is 6.92 Å². The van der Waals surface area contributed by atoms with Crippen LogP contribution in [0.15, 0.2) is 17.1 Å². The Morgan fingerprint density at radius 3 is 2.78 bits per heavy atom. The second-order valence-electron chi connectivity index (χ2n) is 3.97. The van der Waals surface area contributed by atoms with E-state index in [9.17, 15) is 9.18 Å². The van der Waals surface area contributed by atoms with Crippen LogP contribution in [0.5, 0.6) is 0 Å². The Morgan fingerprint density at radius 1 is 1.50 bits per heavy atom. The lowest BCUT2D eigenvalue weighted by atomic mass is 10.4. The van der Waals surface area contributed by atoms with E-state index in [1.807, 2.05) is 0 Å². The maximum Gasteiger partial charge on any atom is 0.351 e. The highest BCUT2D eigenvalue weighted by Crippen LogP contribution is 2.03. The number of halogens is 1.